The molecule has 25 heavy (non-hydrogen) atoms. The summed E-state index contributed by atoms with van der Waals surface area (Å²) in [6.45, 7) is 5.89. The summed E-state index contributed by atoms with van der Waals surface area (Å²) in [4.78, 5) is 0. The van der Waals surface area contributed by atoms with Gasteiger partial charge in [0.05, 0.1) is 5.69 Å². The van der Waals surface area contributed by atoms with E-state index in [2.05, 4.69) is 40.2 Å². The highest BCUT2D eigenvalue weighted by Crippen LogP contribution is 2.52. The predicted octanol–water partition coefficient (Wildman–Crippen LogP) is 5.97. The highest BCUT2D eigenvalue weighted by atomic mass is 32.2. The van der Waals surface area contributed by atoms with Crippen LogP contribution in [-0.2, 0) is 4.57 Å². The summed E-state index contributed by atoms with van der Waals surface area (Å²) in [6, 6.07) is 10.2. The highest BCUT2D eigenvalue weighted by molar-refractivity contribution is 8.07. The van der Waals surface area contributed by atoms with E-state index in [4.69, 9.17) is 0 Å². The minimum Gasteiger partial charge on any atom is -0.263 e. The van der Waals surface area contributed by atoms with Crippen LogP contribution in [0.4, 0.5) is 5.69 Å². The summed E-state index contributed by atoms with van der Waals surface area (Å²) in [6.07, 6.45) is 9.29. The van der Waals surface area contributed by atoms with Crippen LogP contribution >= 0.6 is 19.5 Å². The van der Waals surface area contributed by atoms with Crippen LogP contribution in [0.2, 0.25) is 0 Å². The molecule has 0 aliphatic heterocycles. The summed E-state index contributed by atoms with van der Waals surface area (Å²) in [5, 5.41) is 7.32. The van der Waals surface area contributed by atoms with Gasteiger partial charge in [0.1, 0.15) is 0 Å². The van der Waals surface area contributed by atoms with Crippen LogP contribution in [0.25, 0.3) is 0 Å². The van der Waals surface area contributed by atoms with Crippen molar-refractivity contribution in [3.63, 3.8) is 0 Å². The Kier molecular flexibility index (Phi) is 9.40. The molecule has 4 nitrogen and oxygen atoms in total. The first-order valence-corrected chi connectivity index (χ1v) is 12.3. The zero-order valence-corrected chi connectivity index (χ0v) is 17.5. The first-order valence-electron chi connectivity index (χ1n) is 9.82. The number of unbranched alkanes of at least 4 members (excludes halogenated alkanes) is 2. The van der Waals surface area contributed by atoms with Crippen LogP contribution in [0.1, 0.15) is 65.2 Å². The third kappa shape index (κ3) is 6.63. The third-order valence-corrected chi connectivity index (χ3v) is 8.70. The minimum atomic E-state index is -2.87. The molecule has 2 rings (SSSR count). The summed E-state index contributed by atoms with van der Waals surface area (Å²) in [5.74, 6) is 0. The predicted molar refractivity (Wildman–Crippen MR) is 112 cm³/mol. The number of rotatable bonds is 12. The Labute approximate surface area is 158 Å². The van der Waals surface area contributed by atoms with Crippen molar-refractivity contribution in [2.75, 3.05) is 17.2 Å². The maximum absolute atomic E-state index is 13.9. The molecule has 0 spiro atoms. The van der Waals surface area contributed by atoms with E-state index in [-0.39, 0.29) is 0 Å². The van der Waals surface area contributed by atoms with Crippen molar-refractivity contribution in [2.24, 2.45) is 0 Å². The van der Waals surface area contributed by atoms with Crippen LogP contribution in [0, 0.1) is 0 Å². The normalized spacial score (nSPS) is 15.6. The van der Waals surface area contributed by atoms with Crippen LogP contribution in [0.5, 0.6) is 0 Å². The Balaban J connectivity index is 2.21. The first-order chi connectivity index (χ1) is 12.2. The molecule has 0 radical (unpaired) electrons. The van der Waals surface area contributed by atoms with Gasteiger partial charge >= 0.3 is 7.59 Å². The smallest absolute Gasteiger partial charge is 0.263 e. The SMILES string of the molecule is CCCCNP(=O)(NCCCC)N(SC1CCCC1)c1ccccc1. The maximum Gasteiger partial charge on any atom is 0.315 e. The monoisotopic (exact) mass is 383 g/mol. The molecule has 1 saturated carbocycles. The van der Waals surface area contributed by atoms with Gasteiger partial charge in [0.15, 0.2) is 0 Å². The molecule has 142 valence electrons. The van der Waals surface area contributed by atoms with Gasteiger partial charge in [0.2, 0.25) is 0 Å². The number of benzene rings is 1. The molecular weight excluding hydrogens is 349 g/mol. The van der Waals surface area contributed by atoms with Gasteiger partial charge in [0.25, 0.3) is 0 Å². The second-order valence-electron chi connectivity index (χ2n) is 6.72. The van der Waals surface area contributed by atoms with E-state index in [9.17, 15) is 4.57 Å². The molecule has 0 saturated heterocycles. The van der Waals surface area contributed by atoms with Gasteiger partial charge in [-0.1, -0.05) is 57.7 Å². The molecule has 1 fully saturated rings. The van der Waals surface area contributed by atoms with E-state index >= 15 is 0 Å². The van der Waals surface area contributed by atoms with Crippen molar-refractivity contribution in [2.45, 2.75) is 70.5 Å². The van der Waals surface area contributed by atoms with Crippen molar-refractivity contribution in [3.8, 4) is 0 Å². The van der Waals surface area contributed by atoms with Crippen LogP contribution in [0.15, 0.2) is 30.3 Å². The Morgan fingerprint density at radius 2 is 1.60 bits per heavy atom. The Hall–Kier alpha value is -0.480. The molecule has 0 aromatic heterocycles. The number of hydrogen-bond donors (Lipinski definition) is 2. The van der Waals surface area contributed by atoms with Gasteiger partial charge in [-0.05, 0) is 49.8 Å². The molecule has 0 bridgehead atoms. The number of hydrogen-bond acceptors (Lipinski definition) is 2. The lowest BCUT2D eigenvalue weighted by Gasteiger charge is -2.34. The minimum absolute atomic E-state index is 0.564. The van der Waals surface area contributed by atoms with Gasteiger partial charge in [-0.3, -0.25) is 4.57 Å². The van der Waals surface area contributed by atoms with Gasteiger partial charge in [-0.25, -0.2) is 14.3 Å². The molecule has 1 aromatic rings. The summed E-state index contributed by atoms with van der Waals surface area (Å²) < 4.78 is 16.0. The average Bonchev–Trinajstić information content (AvgIpc) is 3.14. The van der Waals surface area contributed by atoms with E-state index in [1.54, 1.807) is 11.9 Å². The second kappa shape index (κ2) is 11.3. The van der Waals surface area contributed by atoms with E-state index in [0.29, 0.717) is 5.25 Å². The number of anilines is 1. The standard InChI is InChI=1S/C19H34N3OPS/c1-3-5-16-20-24(23,21-17-6-4-2)22(18-12-8-7-9-13-18)25-19-14-10-11-15-19/h7-9,12-13,19H,3-6,10-11,14-17H2,1-2H3,(H2,20,21,23). The van der Waals surface area contributed by atoms with Crippen molar-refractivity contribution < 1.29 is 4.57 Å². The molecule has 1 aliphatic carbocycles. The largest absolute Gasteiger partial charge is 0.315 e. The molecule has 0 atom stereocenters. The molecule has 0 unspecified atom stereocenters. The average molecular weight is 384 g/mol. The van der Waals surface area contributed by atoms with Gasteiger partial charge in [-0.15, -0.1) is 0 Å². The summed E-state index contributed by atoms with van der Waals surface area (Å²) >= 11 is 1.77. The quantitative estimate of drug-likeness (QED) is 0.264. The second-order valence-corrected chi connectivity index (χ2v) is 10.4. The lowest BCUT2D eigenvalue weighted by Crippen LogP contribution is -2.34. The fraction of sp³-hybridized carbons (Fsp3) is 0.684. The molecule has 1 aliphatic rings. The lowest BCUT2D eigenvalue weighted by molar-refractivity contribution is 0.549. The van der Waals surface area contributed by atoms with Gasteiger partial charge in [-0.2, -0.15) is 0 Å². The first kappa shape index (κ1) is 20.8. The van der Waals surface area contributed by atoms with E-state index in [0.717, 1.165) is 44.5 Å². The molecule has 0 amide bonds. The van der Waals surface area contributed by atoms with Crippen molar-refractivity contribution in [1.29, 1.82) is 0 Å². The van der Waals surface area contributed by atoms with Gasteiger partial charge < -0.3 is 0 Å². The molecule has 6 heteroatoms. The van der Waals surface area contributed by atoms with Crippen molar-refractivity contribution >= 4 is 25.2 Å². The zero-order chi connectivity index (χ0) is 18.0. The fourth-order valence-corrected chi connectivity index (χ4v) is 7.08. The Bertz CT molecular complexity index is 509. The Morgan fingerprint density at radius 1 is 1.04 bits per heavy atom. The topological polar surface area (TPSA) is 44.4 Å². The number of nitrogens with one attached hydrogen (secondary N) is 2. The Morgan fingerprint density at radius 3 is 2.12 bits per heavy atom. The van der Waals surface area contributed by atoms with Gasteiger partial charge in [0, 0.05) is 18.3 Å². The highest BCUT2D eigenvalue weighted by Gasteiger charge is 2.33. The van der Waals surface area contributed by atoms with Crippen molar-refractivity contribution in [3.05, 3.63) is 30.3 Å². The van der Waals surface area contributed by atoms with E-state index in [1.807, 2.05) is 18.2 Å². The number of nitrogens with zero attached hydrogens (tertiary/aromatic N) is 1. The van der Waals surface area contributed by atoms with E-state index in [1.165, 1.54) is 25.7 Å². The van der Waals surface area contributed by atoms with Crippen molar-refractivity contribution in [1.82, 2.24) is 10.2 Å². The summed E-state index contributed by atoms with van der Waals surface area (Å²) in [7, 11) is -2.87. The molecule has 0 heterocycles. The lowest BCUT2D eigenvalue weighted by atomic mass is 10.3. The number of para-hydroxylation sites is 1. The summed E-state index contributed by atoms with van der Waals surface area (Å²) in [5.41, 5.74) is 1.02. The third-order valence-electron chi connectivity index (χ3n) is 4.50. The van der Waals surface area contributed by atoms with Crippen LogP contribution < -0.4 is 14.3 Å². The maximum atomic E-state index is 13.9. The molecule has 2 N–H and O–H groups in total. The van der Waals surface area contributed by atoms with Crippen LogP contribution in [0.3, 0.4) is 0 Å². The zero-order valence-electron chi connectivity index (χ0n) is 15.7. The van der Waals surface area contributed by atoms with Crippen LogP contribution in [-0.4, -0.2) is 18.3 Å². The van der Waals surface area contributed by atoms with E-state index < -0.39 is 7.59 Å². The molecular formula is C19H34N3OPS. The fourth-order valence-electron chi connectivity index (χ4n) is 2.98. The molecule has 1 aromatic carbocycles.